The Morgan fingerprint density at radius 1 is 1.40 bits per heavy atom. The van der Waals surface area contributed by atoms with Gasteiger partial charge in [0.05, 0.1) is 17.9 Å². The fourth-order valence-corrected chi connectivity index (χ4v) is 2.51. The zero-order chi connectivity index (χ0) is 14.9. The molecule has 20 heavy (non-hydrogen) atoms. The van der Waals surface area contributed by atoms with Gasteiger partial charge in [0.1, 0.15) is 23.2 Å². The van der Waals surface area contributed by atoms with E-state index < -0.39 is 17.5 Å². The van der Waals surface area contributed by atoms with Gasteiger partial charge in [-0.1, -0.05) is 0 Å². The normalized spacial score (nSPS) is 26.2. The molecular formula is C14H18FNO4. The maximum absolute atomic E-state index is 13.4. The van der Waals surface area contributed by atoms with Crippen molar-refractivity contribution >= 4 is 11.7 Å². The maximum Gasteiger partial charge on any atom is 0.341 e. The van der Waals surface area contributed by atoms with Gasteiger partial charge in [-0.25, -0.2) is 9.18 Å². The molecule has 3 N–H and O–H groups in total. The summed E-state index contributed by atoms with van der Waals surface area (Å²) in [5.74, 6) is -1.96. The summed E-state index contributed by atoms with van der Waals surface area (Å²) >= 11 is 0. The molecule has 1 aliphatic rings. The number of nitrogens with two attached hydrogens (primary N) is 1. The largest absolute Gasteiger partial charge is 0.489 e. The highest BCUT2D eigenvalue weighted by atomic mass is 19.1. The number of carbonyl (C=O) groups is 1. The summed E-state index contributed by atoms with van der Waals surface area (Å²) < 4.78 is 24.7. The molecule has 5 nitrogen and oxygen atoms in total. The molecule has 2 unspecified atom stereocenters. The molecule has 6 heteroatoms. The molecule has 1 aromatic rings. The molecule has 0 spiro atoms. The minimum absolute atomic E-state index is 0.0369. The summed E-state index contributed by atoms with van der Waals surface area (Å²) in [4.78, 5) is 11.2. The lowest BCUT2D eigenvalue weighted by atomic mass is 10.0. The van der Waals surface area contributed by atoms with E-state index in [4.69, 9.17) is 20.3 Å². The summed E-state index contributed by atoms with van der Waals surface area (Å²) in [6, 6.07) is 2.42. The first-order valence-electron chi connectivity index (χ1n) is 6.51. The van der Waals surface area contributed by atoms with Crippen molar-refractivity contribution < 1.29 is 23.8 Å². The van der Waals surface area contributed by atoms with Gasteiger partial charge in [-0.05, 0) is 26.0 Å². The third-order valence-electron chi connectivity index (χ3n) is 3.32. The Labute approximate surface area is 116 Å². The molecule has 1 aromatic carbocycles. The second kappa shape index (κ2) is 5.66. The van der Waals surface area contributed by atoms with Crippen LogP contribution in [0.25, 0.3) is 0 Å². The molecule has 110 valence electrons. The topological polar surface area (TPSA) is 81.8 Å². The zero-order valence-electron chi connectivity index (χ0n) is 11.4. The fourth-order valence-electron chi connectivity index (χ4n) is 2.51. The van der Waals surface area contributed by atoms with Crippen molar-refractivity contribution in [3.8, 4) is 5.75 Å². The highest BCUT2D eigenvalue weighted by Crippen LogP contribution is 2.31. The van der Waals surface area contributed by atoms with E-state index in [2.05, 4.69) is 0 Å². The Bertz CT molecular complexity index is 510. The van der Waals surface area contributed by atoms with E-state index in [1.165, 1.54) is 6.07 Å². The lowest BCUT2D eigenvalue weighted by Gasteiger charge is -2.32. The van der Waals surface area contributed by atoms with Crippen LogP contribution in [0.15, 0.2) is 12.1 Å². The number of nitrogen functional groups attached to an aromatic ring is 1. The van der Waals surface area contributed by atoms with Crippen LogP contribution in [0.4, 0.5) is 10.1 Å². The molecule has 1 fully saturated rings. The molecule has 2 atom stereocenters. The number of hydrogen-bond acceptors (Lipinski definition) is 4. The van der Waals surface area contributed by atoms with Gasteiger partial charge in [-0.15, -0.1) is 0 Å². The third-order valence-corrected chi connectivity index (χ3v) is 3.32. The third kappa shape index (κ3) is 3.01. The van der Waals surface area contributed by atoms with Gasteiger partial charge in [-0.2, -0.15) is 0 Å². The van der Waals surface area contributed by atoms with Gasteiger partial charge in [0.25, 0.3) is 0 Å². The second-order valence-electron chi connectivity index (χ2n) is 5.11. The van der Waals surface area contributed by atoms with E-state index in [0.717, 1.165) is 6.07 Å². The number of aromatic carboxylic acids is 1. The summed E-state index contributed by atoms with van der Waals surface area (Å²) in [6.07, 6.45) is 1.21. The minimum atomic E-state index is -1.30. The molecule has 1 saturated heterocycles. The number of hydrogen-bond donors (Lipinski definition) is 2. The summed E-state index contributed by atoms with van der Waals surface area (Å²) in [5.41, 5.74) is 4.76. The van der Waals surface area contributed by atoms with Crippen molar-refractivity contribution in [1.29, 1.82) is 0 Å². The average molecular weight is 283 g/mol. The molecule has 2 rings (SSSR count). The lowest BCUT2D eigenvalue weighted by molar-refractivity contribution is -0.0722. The van der Waals surface area contributed by atoms with Crippen molar-refractivity contribution in [1.82, 2.24) is 0 Å². The maximum atomic E-state index is 13.4. The van der Waals surface area contributed by atoms with Crippen molar-refractivity contribution in [3.63, 3.8) is 0 Å². The van der Waals surface area contributed by atoms with Crippen LogP contribution in [0, 0.1) is 5.82 Å². The Hall–Kier alpha value is -1.82. The minimum Gasteiger partial charge on any atom is -0.489 e. The predicted molar refractivity (Wildman–Crippen MR) is 71.4 cm³/mol. The molecule has 0 bridgehead atoms. The van der Waals surface area contributed by atoms with Gasteiger partial charge in [0.2, 0.25) is 0 Å². The first-order valence-corrected chi connectivity index (χ1v) is 6.51. The fraction of sp³-hybridized carbons (Fsp3) is 0.500. The Kier molecular flexibility index (Phi) is 4.13. The monoisotopic (exact) mass is 283 g/mol. The van der Waals surface area contributed by atoms with E-state index in [9.17, 15) is 9.18 Å². The highest BCUT2D eigenvalue weighted by Gasteiger charge is 2.28. The first-order chi connectivity index (χ1) is 9.38. The SMILES string of the molecule is CC1CC(Oc2ccc(F)c(N)c2C(=O)O)CC(C)O1. The molecule has 0 radical (unpaired) electrons. The van der Waals surface area contributed by atoms with Crippen LogP contribution in [-0.4, -0.2) is 29.4 Å². The van der Waals surface area contributed by atoms with Crippen molar-refractivity contribution in [2.24, 2.45) is 0 Å². The van der Waals surface area contributed by atoms with E-state index in [1.54, 1.807) is 0 Å². The van der Waals surface area contributed by atoms with Crippen LogP contribution < -0.4 is 10.5 Å². The second-order valence-corrected chi connectivity index (χ2v) is 5.11. The standard InChI is InChI=1S/C14H18FNO4/c1-7-5-9(6-8(2)19-7)20-11-4-3-10(15)13(16)12(11)14(17)18/h3-4,7-9H,5-6,16H2,1-2H3,(H,17,18). The first kappa shape index (κ1) is 14.6. The number of carboxylic acid groups (broad SMARTS) is 1. The van der Waals surface area contributed by atoms with Crippen molar-refractivity contribution in [3.05, 3.63) is 23.5 Å². The van der Waals surface area contributed by atoms with E-state index in [-0.39, 0.29) is 29.6 Å². The highest BCUT2D eigenvalue weighted by molar-refractivity contribution is 5.96. The van der Waals surface area contributed by atoms with Crippen LogP contribution in [0.3, 0.4) is 0 Å². The van der Waals surface area contributed by atoms with Gasteiger partial charge in [0, 0.05) is 12.8 Å². The van der Waals surface area contributed by atoms with Crippen LogP contribution in [0.5, 0.6) is 5.75 Å². The molecule has 0 aromatic heterocycles. The van der Waals surface area contributed by atoms with E-state index in [0.29, 0.717) is 12.8 Å². The number of anilines is 1. The van der Waals surface area contributed by atoms with Gasteiger partial charge in [-0.3, -0.25) is 0 Å². The molecule has 1 heterocycles. The summed E-state index contributed by atoms with van der Waals surface area (Å²) in [5, 5.41) is 9.15. The van der Waals surface area contributed by atoms with E-state index >= 15 is 0 Å². The molecule has 1 aliphatic heterocycles. The number of carboxylic acids is 1. The van der Waals surface area contributed by atoms with Gasteiger partial charge >= 0.3 is 5.97 Å². The quantitative estimate of drug-likeness (QED) is 0.833. The molecule has 0 aliphatic carbocycles. The smallest absolute Gasteiger partial charge is 0.341 e. The molecule has 0 saturated carbocycles. The molecular weight excluding hydrogens is 265 g/mol. The average Bonchev–Trinajstić information content (AvgIpc) is 2.32. The van der Waals surface area contributed by atoms with Gasteiger partial charge < -0.3 is 20.3 Å². The Morgan fingerprint density at radius 2 is 2.00 bits per heavy atom. The Morgan fingerprint density at radius 3 is 2.55 bits per heavy atom. The van der Waals surface area contributed by atoms with Crippen molar-refractivity contribution in [2.45, 2.75) is 45.0 Å². The van der Waals surface area contributed by atoms with Gasteiger partial charge in [0.15, 0.2) is 0 Å². The lowest BCUT2D eigenvalue weighted by Crippen LogP contribution is -2.36. The summed E-state index contributed by atoms with van der Waals surface area (Å²) in [6.45, 7) is 3.87. The predicted octanol–water partition coefficient (Wildman–Crippen LogP) is 2.44. The number of halogens is 1. The molecule has 0 amide bonds. The summed E-state index contributed by atoms with van der Waals surface area (Å²) in [7, 11) is 0. The Balaban J connectivity index is 2.25. The van der Waals surface area contributed by atoms with Crippen LogP contribution in [0.2, 0.25) is 0 Å². The van der Waals surface area contributed by atoms with E-state index in [1.807, 2.05) is 13.8 Å². The zero-order valence-corrected chi connectivity index (χ0v) is 11.4. The number of benzene rings is 1. The number of ether oxygens (including phenoxy) is 2. The van der Waals surface area contributed by atoms with Crippen LogP contribution >= 0.6 is 0 Å². The van der Waals surface area contributed by atoms with Crippen molar-refractivity contribution in [2.75, 3.05) is 5.73 Å². The van der Waals surface area contributed by atoms with Crippen LogP contribution in [-0.2, 0) is 4.74 Å². The van der Waals surface area contributed by atoms with Crippen LogP contribution in [0.1, 0.15) is 37.0 Å². The number of rotatable bonds is 3.